The van der Waals surface area contributed by atoms with Crippen LogP contribution in [0.3, 0.4) is 0 Å². The summed E-state index contributed by atoms with van der Waals surface area (Å²) >= 11 is 0. The fourth-order valence-corrected chi connectivity index (χ4v) is 1.37. The van der Waals surface area contributed by atoms with Crippen molar-refractivity contribution < 1.29 is 13.2 Å². The molecule has 4 nitrogen and oxygen atoms in total. The van der Waals surface area contributed by atoms with Crippen LogP contribution >= 0.6 is 0 Å². The van der Waals surface area contributed by atoms with E-state index in [4.69, 9.17) is 0 Å². The van der Waals surface area contributed by atoms with E-state index < -0.39 is 11.8 Å². The van der Waals surface area contributed by atoms with Gasteiger partial charge in [-0.05, 0) is 16.0 Å². The molecule has 0 fully saturated rings. The van der Waals surface area contributed by atoms with Gasteiger partial charge in [-0.3, -0.25) is 0 Å². The smallest absolute Gasteiger partial charge is 0.166 e. The van der Waals surface area contributed by atoms with E-state index in [1.54, 1.807) is 30.3 Å². The molecule has 0 aliphatic carbocycles. The highest BCUT2D eigenvalue weighted by Gasteiger charge is 2.58. The van der Waals surface area contributed by atoms with Gasteiger partial charge in [-0.15, -0.1) is 10.2 Å². The van der Waals surface area contributed by atoms with Gasteiger partial charge < -0.3 is 0 Å². The molecule has 1 heterocycles. The van der Waals surface area contributed by atoms with Crippen LogP contribution in [0.2, 0.25) is 0 Å². The van der Waals surface area contributed by atoms with Crippen LogP contribution in [0, 0.1) is 0 Å². The lowest BCUT2D eigenvalue weighted by Gasteiger charge is -2.22. The van der Waals surface area contributed by atoms with Crippen LogP contribution in [0.4, 0.5) is 13.2 Å². The lowest BCUT2D eigenvalue weighted by Crippen LogP contribution is -2.42. The summed E-state index contributed by atoms with van der Waals surface area (Å²) in [7, 11) is 0. The molecule has 84 valence electrons. The largest absolute Gasteiger partial charge is 0.438 e. The van der Waals surface area contributed by atoms with Gasteiger partial charge in [0, 0.05) is 6.42 Å². The Balaban J connectivity index is 2.30. The van der Waals surface area contributed by atoms with Crippen molar-refractivity contribution in [1.82, 2.24) is 0 Å². The molecule has 0 radical (unpaired) electrons. The van der Waals surface area contributed by atoms with Crippen molar-refractivity contribution in [2.75, 3.05) is 0 Å². The quantitative estimate of drug-likeness (QED) is 0.745. The highest BCUT2D eigenvalue weighted by molar-refractivity contribution is 5.18. The van der Waals surface area contributed by atoms with Gasteiger partial charge in [0.1, 0.15) is 0 Å². The Morgan fingerprint density at radius 3 is 2.06 bits per heavy atom. The zero-order valence-corrected chi connectivity index (χ0v) is 8.02. The van der Waals surface area contributed by atoms with Crippen LogP contribution in [-0.2, 0) is 6.42 Å². The minimum Gasteiger partial charge on any atom is -0.166 e. The van der Waals surface area contributed by atoms with E-state index >= 15 is 0 Å². The first kappa shape index (κ1) is 10.7. The zero-order chi connectivity index (χ0) is 11.6. The molecule has 2 rings (SSSR count). The van der Waals surface area contributed by atoms with Crippen molar-refractivity contribution in [3.05, 3.63) is 35.9 Å². The molecule has 0 bridgehead atoms. The molecule has 0 unspecified atom stereocenters. The Bertz CT molecular complexity index is 412. The number of hydrogen-bond donors (Lipinski definition) is 0. The Morgan fingerprint density at radius 1 is 1.00 bits per heavy atom. The highest BCUT2D eigenvalue weighted by atomic mass is 19.4. The summed E-state index contributed by atoms with van der Waals surface area (Å²) in [5, 5.41) is 12.1. The van der Waals surface area contributed by atoms with E-state index in [0.29, 0.717) is 5.56 Å². The van der Waals surface area contributed by atoms with E-state index in [2.05, 4.69) is 20.7 Å². The van der Waals surface area contributed by atoms with Crippen molar-refractivity contribution in [2.24, 2.45) is 20.7 Å². The third kappa shape index (κ3) is 1.80. The minimum absolute atomic E-state index is 0.385. The average molecular weight is 228 g/mol. The maximum Gasteiger partial charge on any atom is 0.438 e. The summed E-state index contributed by atoms with van der Waals surface area (Å²) in [4.78, 5) is 0. The van der Waals surface area contributed by atoms with Gasteiger partial charge in [-0.1, -0.05) is 30.3 Å². The maximum absolute atomic E-state index is 12.8. The summed E-state index contributed by atoms with van der Waals surface area (Å²) in [6, 6.07) is 8.19. The number of hydrogen-bond acceptors (Lipinski definition) is 4. The molecule has 0 amide bonds. The summed E-state index contributed by atoms with van der Waals surface area (Å²) in [5.41, 5.74) is -2.06. The fourth-order valence-electron chi connectivity index (χ4n) is 1.37. The van der Waals surface area contributed by atoms with Crippen LogP contribution in [-0.4, -0.2) is 11.8 Å². The molecular formula is C9H7F3N4. The van der Waals surface area contributed by atoms with Crippen LogP contribution in [0.15, 0.2) is 51.0 Å². The summed E-state index contributed by atoms with van der Waals surface area (Å²) in [6.07, 6.45) is -4.98. The van der Waals surface area contributed by atoms with Gasteiger partial charge in [-0.2, -0.15) is 13.2 Å². The van der Waals surface area contributed by atoms with Gasteiger partial charge in [0.15, 0.2) is 0 Å². The Morgan fingerprint density at radius 2 is 1.56 bits per heavy atom. The molecule has 1 aliphatic rings. The van der Waals surface area contributed by atoms with E-state index in [1.807, 2.05) is 0 Å². The molecule has 1 aromatic rings. The van der Waals surface area contributed by atoms with Crippen molar-refractivity contribution >= 4 is 0 Å². The third-order valence-corrected chi connectivity index (χ3v) is 2.21. The van der Waals surface area contributed by atoms with Gasteiger partial charge >= 0.3 is 6.18 Å². The topological polar surface area (TPSA) is 49.4 Å². The van der Waals surface area contributed by atoms with Crippen LogP contribution in [0.25, 0.3) is 0 Å². The van der Waals surface area contributed by atoms with Crippen LogP contribution < -0.4 is 0 Å². The Labute approximate surface area is 88.9 Å². The molecule has 0 saturated carbocycles. The molecular weight excluding hydrogens is 221 g/mol. The molecule has 0 saturated heterocycles. The lowest BCUT2D eigenvalue weighted by molar-refractivity contribution is -0.183. The molecule has 0 spiro atoms. The first-order valence-electron chi connectivity index (χ1n) is 4.48. The molecule has 0 N–H and O–H groups in total. The molecule has 7 heteroatoms. The molecule has 0 atom stereocenters. The Hall–Kier alpha value is -1.79. The number of rotatable bonds is 2. The second-order valence-corrected chi connectivity index (χ2v) is 3.36. The van der Waals surface area contributed by atoms with Crippen molar-refractivity contribution in [3.8, 4) is 0 Å². The minimum atomic E-state index is -4.59. The SMILES string of the molecule is FC(F)(F)C1(Cc2ccccc2)N=NN=N1. The van der Waals surface area contributed by atoms with E-state index in [-0.39, 0.29) is 6.42 Å². The average Bonchev–Trinajstić information content (AvgIpc) is 2.68. The number of nitrogens with zero attached hydrogens (tertiary/aromatic N) is 4. The van der Waals surface area contributed by atoms with Crippen LogP contribution in [0.5, 0.6) is 0 Å². The third-order valence-electron chi connectivity index (χ3n) is 2.21. The first-order chi connectivity index (χ1) is 7.54. The van der Waals surface area contributed by atoms with Gasteiger partial charge in [0.05, 0.1) is 0 Å². The number of benzene rings is 1. The molecule has 16 heavy (non-hydrogen) atoms. The van der Waals surface area contributed by atoms with E-state index in [0.717, 1.165) is 0 Å². The second-order valence-electron chi connectivity index (χ2n) is 3.36. The highest BCUT2D eigenvalue weighted by Crippen LogP contribution is 2.40. The lowest BCUT2D eigenvalue weighted by atomic mass is 10.0. The second kappa shape index (κ2) is 3.66. The monoisotopic (exact) mass is 228 g/mol. The van der Waals surface area contributed by atoms with Crippen molar-refractivity contribution in [3.63, 3.8) is 0 Å². The van der Waals surface area contributed by atoms with Crippen molar-refractivity contribution in [1.29, 1.82) is 0 Å². The standard InChI is InChI=1S/C9H7F3N4/c10-9(11,12)8(13-15-16-14-8)6-7-4-2-1-3-5-7/h1-5H,6H2. The van der Waals surface area contributed by atoms with Gasteiger partial charge in [0.25, 0.3) is 5.66 Å². The Kier molecular flexibility index (Phi) is 2.45. The molecule has 1 aromatic carbocycles. The first-order valence-corrected chi connectivity index (χ1v) is 4.48. The summed E-state index contributed by atoms with van der Waals surface area (Å²) in [5.74, 6) is 0. The van der Waals surface area contributed by atoms with Crippen molar-refractivity contribution in [2.45, 2.75) is 18.3 Å². The zero-order valence-electron chi connectivity index (χ0n) is 8.02. The molecule has 0 aromatic heterocycles. The predicted molar refractivity (Wildman–Crippen MR) is 48.6 cm³/mol. The predicted octanol–water partition coefficient (Wildman–Crippen LogP) is 3.32. The van der Waals surface area contributed by atoms with Gasteiger partial charge in [0.2, 0.25) is 0 Å². The molecule has 1 aliphatic heterocycles. The van der Waals surface area contributed by atoms with E-state index in [1.165, 1.54) is 0 Å². The summed E-state index contributed by atoms with van der Waals surface area (Å²) < 4.78 is 38.4. The maximum atomic E-state index is 12.8. The summed E-state index contributed by atoms with van der Waals surface area (Å²) in [6.45, 7) is 0. The van der Waals surface area contributed by atoms with Crippen LogP contribution in [0.1, 0.15) is 5.56 Å². The fraction of sp³-hybridized carbons (Fsp3) is 0.333. The normalized spacial score (nSPS) is 17.9. The van der Waals surface area contributed by atoms with Gasteiger partial charge in [-0.25, -0.2) is 0 Å². The van der Waals surface area contributed by atoms with E-state index in [9.17, 15) is 13.2 Å². The number of alkyl halides is 3. The number of halogens is 3.